The highest BCUT2D eigenvalue weighted by atomic mass is 32.1. The van der Waals surface area contributed by atoms with E-state index in [-0.39, 0.29) is 18.6 Å². The molecule has 3 rings (SSSR count). The topological polar surface area (TPSA) is 55.4 Å². The van der Waals surface area contributed by atoms with Crippen LogP contribution in [0.3, 0.4) is 0 Å². The summed E-state index contributed by atoms with van der Waals surface area (Å²) < 4.78 is 5.17. The average molecular weight is 339 g/mol. The lowest BCUT2D eigenvalue weighted by molar-refractivity contribution is -0.124. The van der Waals surface area contributed by atoms with Gasteiger partial charge in [0.15, 0.2) is 6.61 Å². The molecular formula is C19H17NO3S. The van der Waals surface area contributed by atoms with Crippen LogP contribution in [0.2, 0.25) is 0 Å². The Morgan fingerprint density at radius 2 is 1.88 bits per heavy atom. The third kappa shape index (κ3) is 3.63. The van der Waals surface area contributed by atoms with Crippen molar-refractivity contribution in [3.05, 3.63) is 70.4 Å². The van der Waals surface area contributed by atoms with Crippen LogP contribution in [0.25, 0.3) is 10.8 Å². The lowest BCUT2D eigenvalue weighted by Crippen LogP contribution is -2.30. The predicted octanol–water partition coefficient (Wildman–Crippen LogP) is 3.94. The predicted molar refractivity (Wildman–Crippen MR) is 95.1 cm³/mol. The molecule has 0 saturated carbocycles. The molecule has 1 amide bonds. The summed E-state index contributed by atoms with van der Waals surface area (Å²) in [5, 5.41) is 6.56. The van der Waals surface area contributed by atoms with Crippen LogP contribution >= 0.6 is 11.3 Å². The second kappa shape index (κ2) is 7.27. The molecule has 24 heavy (non-hydrogen) atoms. The first kappa shape index (κ1) is 16.2. The van der Waals surface area contributed by atoms with Crippen molar-refractivity contribution in [3.63, 3.8) is 0 Å². The first-order chi connectivity index (χ1) is 11.6. The molecule has 3 aromatic rings. The Morgan fingerprint density at radius 1 is 1.08 bits per heavy atom. The van der Waals surface area contributed by atoms with E-state index in [9.17, 15) is 9.59 Å². The van der Waals surface area contributed by atoms with Crippen molar-refractivity contribution in [2.45, 2.75) is 13.0 Å². The lowest BCUT2D eigenvalue weighted by atomic mass is 10.1. The summed E-state index contributed by atoms with van der Waals surface area (Å²) in [6.45, 7) is 1.61. The third-order valence-electron chi connectivity index (χ3n) is 3.69. The van der Waals surface area contributed by atoms with Gasteiger partial charge >= 0.3 is 5.97 Å². The van der Waals surface area contributed by atoms with Crippen molar-refractivity contribution >= 4 is 34.0 Å². The number of carbonyl (C=O) groups excluding carboxylic acids is 2. The van der Waals surface area contributed by atoms with Crippen LogP contribution in [0.1, 0.15) is 28.2 Å². The van der Waals surface area contributed by atoms with Crippen molar-refractivity contribution in [1.82, 2.24) is 5.32 Å². The van der Waals surface area contributed by atoms with Crippen LogP contribution in [-0.4, -0.2) is 18.5 Å². The van der Waals surface area contributed by atoms with E-state index in [1.165, 1.54) is 0 Å². The van der Waals surface area contributed by atoms with Crippen LogP contribution in [0.5, 0.6) is 0 Å². The summed E-state index contributed by atoms with van der Waals surface area (Å²) in [7, 11) is 0. The number of hydrogen-bond acceptors (Lipinski definition) is 4. The number of hydrogen-bond donors (Lipinski definition) is 1. The molecule has 0 fully saturated rings. The molecule has 2 aromatic carbocycles. The third-order valence-corrected chi connectivity index (χ3v) is 4.75. The van der Waals surface area contributed by atoms with E-state index in [0.29, 0.717) is 5.56 Å². The highest BCUT2D eigenvalue weighted by molar-refractivity contribution is 7.10. The highest BCUT2D eigenvalue weighted by Crippen LogP contribution is 2.20. The number of nitrogens with one attached hydrogen (secondary N) is 1. The first-order valence-corrected chi connectivity index (χ1v) is 8.51. The molecule has 1 heterocycles. The summed E-state index contributed by atoms with van der Waals surface area (Å²) >= 11 is 1.57. The fourth-order valence-corrected chi connectivity index (χ4v) is 3.24. The minimum atomic E-state index is -0.495. The van der Waals surface area contributed by atoms with Gasteiger partial charge in [-0.3, -0.25) is 4.79 Å². The zero-order valence-electron chi connectivity index (χ0n) is 13.2. The second-order valence-corrected chi connectivity index (χ2v) is 6.39. The molecule has 1 unspecified atom stereocenters. The maximum atomic E-state index is 12.3. The zero-order valence-corrected chi connectivity index (χ0v) is 14.0. The van der Waals surface area contributed by atoms with Gasteiger partial charge in [0, 0.05) is 4.88 Å². The molecule has 5 heteroatoms. The van der Waals surface area contributed by atoms with Crippen molar-refractivity contribution < 1.29 is 14.3 Å². The zero-order chi connectivity index (χ0) is 16.9. The van der Waals surface area contributed by atoms with Gasteiger partial charge in [-0.2, -0.15) is 0 Å². The van der Waals surface area contributed by atoms with Crippen LogP contribution in [0.4, 0.5) is 0 Å². The number of rotatable bonds is 5. The Hall–Kier alpha value is -2.66. The maximum Gasteiger partial charge on any atom is 0.339 e. The SMILES string of the molecule is CC(NC(=O)COC(=O)c1cccc2ccccc12)c1cccs1. The lowest BCUT2D eigenvalue weighted by Gasteiger charge is -2.12. The normalized spacial score (nSPS) is 11.9. The molecule has 0 spiro atoms. The van der Waals surface area contributed by atoms with Crippen molar-refractivity contribution in [2.24, 2.45) is 0 Å². The molecule has 1 atom stereocenters. The number of carbonyl (C=O) groups is 2. The molecule has 0 saturated heterocycles. The van der Waals surface area contributed by atoms with E-state index < -0.39 is 5.97 Å². The smallest absolute Gasteiger partial charge is 0.339 e. The Bertz CT molecular complexity index is 853. The van der Waals surface area contributed by atoms with Gasteiger partial charge in [0.25, 0.3) is 5.91 Å². The number of esters is 1. The van der Waals surface area contributed by atoms with Crippen LogP contribution in [-0.2, 0) is 9.53 Å². The van der Waals surface area contributed by atoms with Crippen molar-refractivity contribution in [1.29, 1.82) is 0 Å². The highest BCUT2D eigenvalue weighted by Gasteiger charge is 2.15. The van der Waals surface area contributed by atoms with Gasteiger partial charge < -0.3 is 10.1 Å². The fraction of sp³-hybridized carbons (Fsp3) is 0.158. The quantitative estimate of drug-likeness (QED) is 0.717. The molecule has 122 valence electrons. The number of thiophene rings is 1. The number of ether oxygens (including phenoxy) is 1. The molecule has 1 aromatic heterocycles. The molecule has 4 nitrogen and oxygen atoms in total. The van der Waals surface area contributed by atoms with Gasteiger partial charge in [0.2, 0.25) is 0 Å². The van der Waals surface area contributed by atoms with E-state index >= 15 is 0 Å². The van der Waals surface area contributed by atoms with Crippen LogP contribution < -0.4 is 5.32 Å². The summed E-state index contributed by atoms with van der Waals surface area (Å²) in [5.41, 5.74) is 0.465. The Balaban J connectivity index is 1.61. The molecule has 0 radical (unpaired) electrons. The van der Waals surface area contributed by atoms with Crippen LogP contribution in [0, 0.1) is 0 Å². The largest absolute Gasteiger partial charge is 0.452 e. The maximum absolute atomic E-state index is 12.3. The van der Waals surface area contributed by atoms with Gasteiger partial charge in [-0.25, -0.2) is 4.79 Å². The summed E-state index contributed by atoms with van der Waals surface area (Å²) in [5.74, 6) is -0.810. The fourth-order valence-electron chi connectivity index (χ4n) is 2.50. The molecule has 0 aliphatic rings. The standard InChI is InChI=1S/C19H17NO3S/c1-13(17-10-5-11-24-17)20-18(21)12-23-19(22)16-9-4-7-14-6-2-3-8-15(14)16/h2-11,13H,12H2,1H3,(H,20,21). The van der Waals surface area contributed by atoms with E-state index in [0.717, 1.165) is 15.6 Å². The molecule has 0 bridgehead atoms. The van der Waals surface area contributed by atoms with Gasteiger partial charge in [-0.15, -0.1) is 11.3 Å². The van der Waals surface area contributed by atoms with Crippen molar-refractivity contribution in [2.75, 3.05) is 6.61 Å². The first-order valence-electron chi connectivity index (χ1n) is 7.63. The Kier molecular flexibility index (Phi) is 4.91. The molecule has 1 N–H and O–H groups in total. The average Bonchev–Trinajstić information content (AvgIpc) is 3.14. The van der Waals surface area contributed by atoms with Gasteiger partial charge in [-0.1, -0.05) is 42.5 Å². The minimum Gasteiger partial charge on any atom is -0.452 e. The van der Waals surface area contributed by atoms with E-state index in [2.05, 4.69) is 5.32 Å². The molecular weight excluding hydrogens is 322 g/mol. The van der Waals surface area contributed by atoms with Gasteiger partial charge in [0.1, 0.15) is 0 Å². The molecule has 0 aliphatic carbocycles. The number of benzene rings is 2. The molecule has 0 aliphatic heterocycles. The van der Waals surface area contributed by atoms with E-state index in [4.69, 9.17) is 4.74 Å². The second-order valence-electron chi connectivity index (χ2n) is 5.41. The summed E-state index contributed by atoms with van der Waals surface area (Å²) in [6.07, 6.45) is 0. The van der Waals surface area contributed by atoms with Gasteiger partial charge in [-0.05, 0) is 35.2 Å². The van der Waals surface area contributed by atoms with Crippen LogP contribution in [0.15, 0.2) is 60.0 Å². The number of amides is 1. The van der Waals surface area contributed by atoms with Crippen molar-refractivity contribution in [3.8, 4) is 0 Å². The Morgan fingerprint density at radius 3 is 2.67 bits per heavy atom. The number of fused-ring (bicyclic) bond motifs is 1. The minimum absolute atomic E-state index is 0.103. The van der Waals surface area contributed by atoms with E-state index in [1.807, 2.05) is 54.8 Å². The summed E-state index contributed by atoms with van der Waals surface area (Å²) in [4.78, 5) is 25.3. The monoisotopic (exact) mass is 339 g/mol. The summed E-state index contributed by atoms with van der Waals surface area (Å²) in [6, 6.07) is 16.8. The van der Waals surface area contributed by atoms with E-state index in [1.54, 1.807) is 23.5 Å². The Labute approximate surface area is 144 Å². The van der Waals surface area contributed by atoms with Gasteiger partial charge in [0.05, 0.1) is 11.6 Å².